The van der Waals surface area contributed by atoms with Gasteiger partial charge in [0.2, 0.25) is 0 Å². The van der Waals surface area contributed by atoms with E-state index < -0.39 is 28.1 Å². The zero-order valence-corrected chi connectivity index (χ0v) is 9.27. The molecule has 1 aromatic carbocycles. The highest BCUT2D eigenvalue weighted by Gasteiger charge is 2.52. The topological polar surface area (TPSA) is 37.3 Å². The molecule has 1 saturated carbocycles. The van der Waals surface area contributed by atoms with Crippen molar-refractivity contribution in [3.63, 3.8) is 0 Å². The number of carboxylic acids is 1. The van der Waals surface area contributed by atoms with Gasteiger partial charge in [-0.15, -0.1) is 0 Å². The smallest absolute Gasteiger partial charge is 0.417 e. The third-order valence-electron chi connectivity index (χ3n) is 2.99. The summed E-state index contributed by atoms with van der Waals surface area (Å²) in [6, 6.07) is 3.13. The molecular formula is C11H8ClF3O2. The Morgan fingerprint density at radius 2 is 1.94 bits per heavy atom. The quantitative estimate of drug-likeness (QED) is 0.888. The lowest BCUT2D eigenvalue weighted by atomic mass is 9.95. The van der Waals surface area contributed by atoms with Gasteiger partial charge >= 0.3 is 12.1 Å². The molecular weight excluding hydrogens is 257 g/mol. The zero-order chi connectivity index (χ0) is 12.8. The first-order valence-electron chi connectivity index (χ1n) is 4.88. The average molecular weight is 265 g/mol. The molecule has 0 radical (unpaired) electrons. The Balaban J connectivity index is 2.42. The first kappa shape index (κ1) is 12.2. The van der Waals surface area contributed by atoms with Gasteiger partial charge in [0.15, 0.2) is 0 Å². The van der Waals surface area contributed by atoms with Crippen LogP contribution in [0.4, 0.5) is 13.2 Å². The van der Waals surface area contributed by atoms with Crippen LogP contribution in [0.15, 0.2) is 18.2 Å². The largest absolute Gasteiger partial charge is 0.481 e. The molecule has 1 aromatic rings. The Morgan fingerprint density at radius 3 is 2.29 bits per heavy atom. The first-order valence-corrected chi connectivity index (χ1v) is 5.26. The Hall–Kier alpha value is -1.23. The van der Waals surface area contributed by atoms with Gasteiger partial charge in [0.1, 0.15) is 0 Å². The number of carbonyl (C=O) groups is 1. The summed E-state index contributed by atoms with van der Waals surface area (Å²) in [6.07, 6.45) is -3.65. The minimum Gasteiger partial charge on any atom is -0.481 e. The minimum absolute atomic E-state index is 0.336. The van der Waals surface area contributed by atoms with E-state index in [1.54, 1.807) is 0 Å². The van der Waals surface area contributed by atoms with E-state index in [4.69, 9.17) is 16.7 Å². The van der Waals surface area contributed by atoms with Crippen LogP contribution in [0.5, 0.6) is 0 Å². The van der Waals surface area contributed by atoms with Gasteiger partial charge in [0.25, 0.3) is 0 Å². The summed E-state index contributed by atoms with van der Waals surface area (Å²) in [5.41, 5.74) is -1.64. The van der Waals surface area contributed by atoms with E-state index in [0.29, 0.717) is 18.4 Å². The molecule has 1 aliphatic rings. The maximum atomic E-state index is 12.5. The number of halogens is 4. The predicted octanol–water partition coefficient (Wildman–Crippen LogP) is 3.48. The maximum Gasteiger partial charge on any atom is 0.417 e. The van der Waals surface area contributed by atoms with Crippen LogP contribution in [-0.4, -0.2) is 11.1 Å². The van der Waals surface area contributed by atoms with E-state index in [-0.39, 0.29) is 0 Å². The van der Waals surface area contributed by atoms with Gasteiger partial charge in [0, 0.05) is 0 Å². The first-order chi connectivity index (χ1) is 7.77. The van der Waals surface area contributed by atoms with Crippen LogP contribution < -0.4 is 0 Å². The summed E-state index contributed by atoms with van der Waals surface area (Å²) in [5.74, 6) is -1.02. The van der Waals surface area contributed by atoms with Crippen molar-refractivity contribution in [2.45, 2.75) is 24.4 Å². The van der Waals surface area contributed by atoms with Gasteiger partial charge in [0.05, 0.1) is 16.0 Å². The highest BCUT2D eigenvalue weighted by Crippen LogP contribution is 2.49. The van der Waals surface area contributed by atoms with Crippen molar-refractivity contribution >= 4 is 17.6 Å². The summed E-state index contributed by atoms with van der Waals surface area (Å²) in [5, 5.41) is 8.56. The number of alkyl halides is 3. The molecule has 0 heterocycles. The molecule has 0 saturated heterocycles. The van der Waals surface area contributed by atoms with Crippen molar-refractivity contribution in [1.29, 1.82) is 0 Å². The average Bonchev–Trinajstić information content (AvgIpc) is 2.95. The normalized spacial score (nSPS) is 17.9. The molecule has 0 atom stereocenters. The van der Waals surface area contributed by atoms with Crippen LogP contribution >= 0.6 is 11.6 Å². The molecule has 1 aliphatic carbocycles. The fourth-order valence-electron chi connectivity index (χ4n) is 1.79. The molecule has 0 bridgehead atoms. The maximum absolute atomic E-state index is 12.5. The second-order valence-corrected chi connectivity index (χ2v) is 4.49. The van der Waals surface area contributed by atoms with E-state index in [2.05, 4.69) is 0 Å². The molecule has 1 fully saturated rings. The summed E-state index contributed by atoms with van der Waals surface area (Å²) < 4.78 is 37.4. The van der Waals surface area contributed by atoms with Crippen molar-refractivity contribution in [3.8, 4) is 0 Å². The second-order valence-electron chi connectivity index (χ2n) is 4.08. The Labute approximate surface area is 100 Å². The Kier molecular flexibility index (Phi) is 2.61. The van der Waals surface area contributed by atoms with E-state index >= 15 is 0 Å². The second kappa shape index (κ2) is 3.63. The lowest BCUT2D eigenvalue weighted by Crippen LogP contribution is -2.19. The van der Waals surface area contributed by atoms with Crippen LogP contribution in [0, 0.1) is 0 Å². The fraction of sp³-hybridized carbons (Fsp3) is 0.364. The molecule has 6 heteroatoms. The van der Waals surface area contributed by atoms with E-state index in [1.807, 2.05) is 0 Å². The fourth-order valence-corrected chi connectivity index (χ4v) is 2.08. The van der Waals surface area contributed by atoms with Crippen LogP contribution in [0.25, 0.3) is 0 Å². The summed E-state index contributed by atoms with van der Waals surface area (Å²) >= 11 is 5.54. The SMILES string of the molecule is O=C(O)C1(c2ccc(C(F)(F)F)c(Cl)c2)CC1. The lowest BCUT2D eigenvalue weighted by Gasteiger charge is -2.14. The predicted molar refractivity (Wildman–Crippen MR) is 55.0 cm³/mol. The minimum atomic E-state index is -4.52. The van der Waals surface area contributed by atoms with Crippen LogP contribution in [0.1, 0.15) is 24.0 Å². The molecule has 2 rings (SSSR count). The van der Waals surface area contributed by atoms with Gasteiger partial charge in [-0.2, -0.15) is 13.2 Å². The van der Waals surface area contributed by atoms with Crippen molar-refractivity contribution in [2.24, 2.45) is 0 Å². The van der Waals surface area contributed by atoms with E-state index in [0.717, 1.165) is 12.1 Å². The lowest BCUT2D eigenvalue weighted by molar-refractivity contribution is -0.140. The number of hydrogen-bond acceptors (Lipinski definition) is 1. The van der Waals surface area contributed by atoms with Gasteiger partial charge in [-0.25, -0.2) is 0 Å². The van der Waals surface area contributed by atoms with E-state index in [9.17, 15) is 18.0 Å². The van der Waals surface area contributed by atoms with Gasteiger partial charge < -0.3 is 5.11 Å². The number of hydrogen-bond donors (Lipinski definition) is 1. The van der Waals surface area contributed by atoms with Gasteiger partial charge in [-0.3, -0.25) is 4.79 Å². The molecule has 17 heavy (non-hydrogen) atoms. The van der Waals surface area contributed by atoms with Gasteiger partial charge in [-0.05, 0) is 30.5 Å². The Morgan fingerprint density at radius 1 is 1.35 bits per heavy atom. The molecule has 1 N–H and O–H groups in total. The molecule has 0 aliphatic heterocycles. The van der Waals surface area contributed by atoms with E-state index in [1.165, 1.54) is 6.07 Å². The van der Waals surface area contributed by atoms with Crippen molar-refractivity contribution in [1.82, 2.24) is 0 Å². The third kappa shape index (κ3) is 1.99. The van der Waals surface area contributed by atoms with Crippen molar-refractivity contribution in [2.75, 3.05) is 0 Å². The standard InChI is InChI=1S/C11H8ClF3O2/c12-8-5-6(10(3-4-10)9(16)17)1-2-7(8)11(13,14)15/h1-2,5H,3-4H2,(H,16,17). The number of rotatable bonds is 2. The number of aliphatic carboxylic acids is 1. The summed E-state index contributed by atoms with van der Waals surface area (Å²) in [6.45, 7) is 0. The highest BCUT2D eigenvalue weighted by atomic mass is 35.5. The van der Waals surface area contributed by atoms with Crippen molar-refractivity contribution < 1.29 is 23.1 Å². The van der Waals surface area contributed by atoms with Crippen LogP contribution in [0.2, 0.25) is 5.02 Å². The molecule has 0 spiro atoms. The molecule has 2 nitrogen and oxygen atoms in total. The van der Waals surface area contributed by atoms with Crippen LogP contribution in [0.3, 0.4) is 0 Å². The molecule has 0 unspecified atom stereocenters. The van der Waals surface area contributed by atoms with Crippen LogP contribution in [-0.2, 0) is 16.4 Å². The molecule has 0 amide bonds. The molecule has 92 valence electrons. The van der Waals surface area contributed by atoms with Gasteiger partial charge in [-0.1, -0.05) is 17.7 Å². The molecule has 0 aromatic heterocycles. The summed E-state index contributed by atoms with van der Waals surface area (Å²) in [7, 11) is 0. The number of benzene rings is 1. The number of carboxylic acid groups (broad SMARTS) is 1. The summed E-state index contributed by atoms with van der Waals surface area (Å²) in [4.78, 5) is 11.0. The Bertz CT molecular complexity index is 478. The monoisotopic (exact) mass is 264 g/mol. The highest BCUT2D eigenvalue weighted by molar-refractivity contribution is 6.31. The van der Waals surface area contributed by atoms with Crippen molar-refractivity contribution in [3.05, 3.63) is 34.3 Å². The zero-order valence-electron chi connectivity index (χ0n) is 8.51. The third-order valence-corrected chi connectivity index (χ3v) is 3.30.